The smallest absolute Gasteiger partial charge is 0.242 e. The summed E-state index contributed by atoms with van der Waals surface area (Å²) in [5.74, 6) is -0.875. The van der Waals surface area contributed by atoms with E-state index in [0.717, 1.165) is 16.7 Å². The maximum atomic E-state index is 13.6. The van der Waals surface area contributed by atoms with Crippen molar-refractivity contribution in [3.05, 3.63) is 102 Å². The van der Waals surface area contributed by atoms with Crippen molar-refractivity contribution in [2.45, 2.75) is 31.3 Å². The fourth-order valence-electron chi connectivity index (χ4n) is 4.06. The number of carbonyl (C=O) groups excluding carboxylic acids is 2. The number of amides is 2. The minimum absolute atomic E-state index is 0.163. The number of carbonyl (C=O) groups is 2. The second-order valence-electron chi connectivity index (χ2n) is 8.89. The summed E-state index contributed by atoms with van der Waals surface area (Å²) in [4.78, 5) is 32.9. The van der Waals surface area contributed by atoms with Gasteiger partial charge in [-0.1, -0.05) is 72.8 Å². The minimum atomic E-state index is -0.717. The van der Waals surface area contributed by atoms with Gasteiger partial charge >= 0.3 is 0 Å². The Morgan fingerprint density at radius 3 is 2.11 bits per heavy atom. The lowest BCUT2D eigenvalue weighted by Gasteiger charge is -2.24. The highest BCUT2D eigenvalue weighted by molar-refractivity contribution is 5.92. The first-order chi connectivity index (χ1) is 18.0. The van der Waals surface area contributed by atoms with Crippen LogP contribution in [0.25, 0.3) is 0 Å². The van der Waals surface area contributed by atoms with Gasteiger partial charge in [0.2, 0.25) is 11.8 Å². The van der Waals surface area contributed by atoms with E-state index in [9.17, 15) is 14.7 Å². The molecule has 0 spiro atoms. The molecule has 2 amide bonds. The predicted octanol–water partition coefficient (Wildman–Crippen LogP) is 2.98. The highest BCUT2D eigenvalue weighted by atomic mass is 16.3. The van der Waals surface area contributed by atoms with Gasteiger partial charge < -0.3 is 21.5 Å². The van der Waals surface area contributed by atoms with Crippen molar-refractivity contribution in [3.8, 4) is 5.75 Å². The average molecular weight is 502 g/mol. The standard InChI is InChI=1S/C29H35N5O3/c1-34(21-31-20-30)18-8-13-26(28(36)32-19-22-14-16-25(35)17-15-22)33-29(37)27(23-9-4-2-5-10-23)24-11-6-3-7-12-24/h2-7,9-12,14-17,20,26-27,35H,8,13,18-19,21H2,1H3,(H2,30,31)(H,32,36)(H,33,37). The first-order valence-corrected chi connectivity index (χ1v) is 12.3. The van der Waals surface area contributed by atoms with Crippen LogP contribution < -0.4 is 16.4 Å². The van der Waals surface area contributed by atoms with E-state index in [1.807, 2.05) is 72.6 Å². The minimum Gasteiger partial charge on any atom is -0.508 e. The predicted molar refractivity (Wildman–Crippen MR) is 146 cm³/mol. The topological polar surface area (TPSA) is 120 Å². The maximum absolute atomic E-state index is 13.6. The van der Waals surface area contributed by atoms with E-state index in [1.165, 1.54) is 6.34 Å². The summed E-state index contributed by atoms with van der Waals surface area (Å²) in [6.45, 7) is 1.44. The molecule has 0 aliphatic rings. The maximum Gasteiger partial charge on any atom is 0.242 e. The average Bonchev–Trinajstić information content (AvgIpc) is 2.92. The quantitative estimate of drug-likeness (QED) is 0.212. The van der Waals surface area contributed by atoms with E-state index >= 15 is 0 Å². The van der Waals surface area contributed by atoms with Crippen LogP contribution in [0.3, 0.4) is 0 Å². The van der Waals surface area contributed by atoms with Gasteiger partial charge in [0.25, 0.3) is 0 Å². The van der Waals surface area contributed by atoms with E-state index in [2.05, 4.69) is 15.6 Å². The summed E-state index contributed by atoms with van der Waals surface area (Å²) in [6, 6.07) is 25.0. The van der Waals surface area contributed by atoms with Crippen LogP contribution in [0, 0.1) is 0 Å². The van der Waals surface area contributed by atoms with Crippen LogP contribution in [-0.2, 0) is 16.1 Å². The Morgan fingerprint density at radius 1 is 0.946 bits per heavy atom. The number of rotatable bonds is 13. The number of benzene rings is 3. The van der Waals surface area contributed by atoms with Crippen LogP contribution in [-0.4, -0.2) is 54.5 Å². The van der Waals surface area contributed by atoms with Crippen molar-refractivity contribution < 1.29 is 14.7 Å². The Kier molecular flexibility index (Phi) is 10.7. The van der Waals surface area contributed by atoms with Crippen molar-refractivity contribution in [3.63, 3.8) is 0 Å². The molecule has 0 radical (unpaired) electrons. The third-order valence-electron chi connectivity index (χ3n) is 6.03. The van der Waals surface area contributed by atoms with Crippen molar-refractivity contribution >= 4 is 18.2 Å². The first-order valence-electron chi connectivity index (χ1n) is 12.3. The number of hydrogen-bond donors (Lipinski definition) is 4. The molecule has 3 aromatic carbocycles. The van der Waals surface area contributed by atoms with Gasteiger partial charge in [0.1, 0.15) is 11.8 Å². The highest BCUT2D eigenvalue weighted by Gasteiger charge is 2.27. The van der Waals surface area contributed by atoms with Gasteiger partial charge in [0, 0.05) is 6.54 Å². The Morgan fingerprint density at radius 2 is 1.54 bits per heavy atom. The number of hydrogen-bond acceptors (Lipinski definition) is 5. The van der Waals surface area contributed by atoms with Gasteiger partial charge in [0.15, 0.2) is 0 Å². The van der Waals surface area contributed by atoms with Gasteiger partial charge in [0.05, 0.1) is 18.9 Å². The normalized spacial score (nSPS) is 12.1. The van der Waals surface area contributed by atoms with Crippen molar-refractivity contribution in [1.82, 2.24) is 15.5 Å². The zero-order valence-corrected chi connectivity index (χ0v) is 21.1. The molecule has 0 heterocycles. The molecule has 0 aliphatic heterocycles. The lowest BCUT2D eigenvalue weighted by molar-refractivity contribution is -0.129. The van der Waals surface area contributed by atoms with Gasteiger partial charge in [-0.05, 0) is 55.3 Å². The lowest BCUT2D eigenvalue weighted by atomic mass is 9.90. The summed E-state index contributed by atoms with van der Waals surface area (Å²) in [7, 11) is 1.92. The molecular weight excluding hydrogens is 466 g/mol. The van der Waals surface area contributed by atoms with Crippen LogP contribution in [0.5, 0.6) is 5.75 Å². The number of aromatic hydroxyl groups is 1. The second-order valence-corrected chi connectivity index (χ2v) is 8.89. The number of phenolic OH excluding ortho intramolecular Hbond substituents is 1. The van der Waals surface area contributed by atoms with Crippen LogP contribution in [0.2, 0.25) is 0 Å². The molecule has 37 heavy (non-hydrogen) atoms. The molecule has 5 N–H and O–H groups in total. The number of nitrogens with zero attached hydrogens (tertiary/aromatic N) is 2. The van der Waals surface area contributed by atoms with Gasteiger partial charge in [-0.25, -0.2) is 0 Å². The molecule has 1 unspecified atom stereocenters. The molecule has 1 atom stereocenters. The van der Waals surface area contributed by atoms with Crippen LogP contribution >= 0.6 is 0 Å². The molecule has 0 saturated heterocycles. The Balaban J connectivity index is 1.75. The summed E-state index contributed by atoms with van der Waals surface area (Å²) in [6.07, 6.45) is 2.40. The SMILES string of the molecule is CN(CCCC(NC(=O)C(c1ccccc1)c1ccccc1)C(=O)NCc1ccc(O)cc1)C/N=C/N. The molecule has 8 nitrogen and oxygen atoms in total. The van der Waals surface area contributed by atoms with E-state index in [0.29, 0.717) is 26.1 Å². The zero-order valence-electron chi connectivity index (χ0n) is 21.1. The van der Waals surface area contributed by atoms with Gasteiger partial charge in [-0.3, -0.25) is 19.5 Å². The summed E-state index contributed by atoms with van der Waals surface area (Å²) in [5, 5.41) is 15.4. The molecular formula is C29H35N5O3. The molecule has 3 rings (SSSR count). The van der Waals surface area contributed by atoms with Gasteiger partial charge in [-0.15, -0.1) is 0 Å². The summed E-state index contributed by atoms with van der Waals surface area (Å²) >= 11 is 0. The van der Waals surface area contributed by atoms with Crippen LogP contribution in [0.1, 0.15) is 35.4 Å². The largest absolute Gasteiger partial charge is 0.508 e. The highest BCUT2D eigenvalue weighted by Crippen LogP contribution is 2.25. The molecule has 8 heteroatoms. The molecule has 0 fully saturated rings. The van der Waals surface area contributed by atoms with Gasteiger partial charge in [-0.2, -0.15) is 0 Å². The third kappa shape index (κ3) is 8.77. The molecule has 0 saturated carbocycles. The van der Waals surface area contributed by atoms with E-state index in [4.69, 9.17) is 5.73 Å². The fraction of sp³-hybridized carbons (Fsp3) is 0.276. The monoisotopic (exact) mass is 501 g/mol. The third-order valence-corrected chi connectivity index (χ3v) is 6.03. The number of aliphatic imine (C=N–C) groups is 1. The Hall–Kier alpha value is -4.17. The second kappa shape index (κ2) is 14.4. The summed E-state index contributed by atoms with van der Waals surface area (Å²) < 4.78 is 0. The van der Waals surface area contributed by atoms with Crippen molar-refractivity contribution in [2.24, 2.45) is 10.7 Å². The van der Waals surface area contributed by atoms with Crippen LogP contribution in [0.4, 0.5) is 0 Å². The van der Waals surface area contributed by atoms with Crippen LogP contribution in [0.15, 0.2) is 89.9 Å². The van der Waals surface area contributed by atoms with E-state index in [-0.39, 0.29) is 24.1 Å². The van der Waals surface area contributed by atoms with E-state index in [1.54, 1.807) is 24.3 Å². The Bertz CT molecular complexity index is 1100. The molecule has 0 bridgehead atoms. The van der Waals surface area contributed by atoms with E-state index < -0.39 is 12.0 Å². The lowest BCUT2D eigenvalue weighted by Crippen LogP contribution is -2.48. The van der Waals surface area contributed by atoms with Crippen molar-refractivity contribution in [1.29, 1.82) is 0 Å². The Labute approximate surface area is 218 Å². The molecule has 0 aromatic heterocycles. The number of nitrogens with one attached hydrogen (secondary N) is 2. The summed E-state index contributed by atoms with van der Waals surface area (Å²) in [5.41, 5.74) is 7.89. The number of phenols is 1. The fourth-order valence-corrected chi connectivity index (χ4v) is 4.06. The molecule has 194 valence electrons. The zero-order chi connectivity index (χ0) is 26.5. The van der Waals surface area contributed by atoms with Crippen molar-refractivity contribution in [2.75, 3.05) is 20.3 Å². The number of nitrogens with two attached hydrogens (primary N) is 1. The first kappa shape index (κ1) is 27.4. The molecule has 3 aromatic rings. The molecule has 0 aliphatic carbocycles.